The Labute approximate surface area is 99.1 Å². The van der Waals surface area contributed by atoms with Gasteiger partial charge in [0.2, 0.25) is 0 Å². The van der Waals surface area contributed by atoms with E-state index in [0.717, 1.165) is 39.4 Å². The fourth-order valence-electron chi connectivity index (χ4n) is 2.29. The number of nitrogens with two attached hydrogens (primary N) is 1. The molecule has 16 heavy (non-hydrogen) atoms. The van der Waals surface area contributed by atoms with Crippen LogP contribution in [0, 0.1) is 5.41 Å². The fourth-order valence-corrected chi connectivity index (χ4v) is 2.29. The van der Waals surface area contributed by atoms with Gasteiger partial charge in [-0.3, -0.25) is 4.90 Å². The molecule has 96 valence electrons. The predicted molar refractivity (Wildman–Crippen MR) is 65.5 cm³/mol. The highest BCUT2D eigenvalue weighted by Crippen LogP contribution is 2.40. The standard InChI is InChI=1S/C12H26N2O2/c1-15-8-6-14(7-9-16-2)11-12(10-13)4-3-5-12/h3-11,13H2,1-2H3. The van der Waals surface area contributed by atoms with Gasteiger partial charge in [0.15, 0.2) is 0 Å². The van der Waals surface area contributed by atoms with E-state index in [9.17, 15) is 0 Å². The SMILES string of the molecule is COCCN(CCOC)CC1(CN)CCC1. The molecule has 0 unspecified atom stereocenters. The minimum absolute atomic E-state index is 0.376. The van der Waals surface area contributed by atoms with Crippen molar-refractivity contribution in [2.45, 2.75) is 19.3 Å². The van der Waals surface area contributed by atoms with E-state index < -0.39 is 0 Å². The van der Waals surface area contributed by atoms with Crippen LogP contribution >= 0.6 is 0 Å². The van der Waals surface area contributed by atoms with Crippen molar-refractivity contribution in [3.8, 4) is 0 Å². The van der Waals surface area contributed by atoms with E-state index in [0.29, 0.717) is 5.41 Å². The Kier molecular flexibility index (Phi) is 6.28. The zero-order valence-corrected chi connectivity index (χ0v) is 10.7. The largest absolute Gasteiger partial charge is 0.383 e. The normalized spacial score (nSPS) is 18.8. The Morgan fingerprint density at radius 2 is 1.69 bits per heavy atom. The first-order valence-corrected chi connectivity index (χ1v) is 6.16. The van der Waals surface area contributed by atoms with Crippen LogP contribution in [-0.2, 0) is 9.47 Å². The third-order valence-corrected chi connectivity index (χ3v) is 3.63. The summed E-state index contributed by atoms with van der Waals surface area (Å²) >= 11 is 0. The molecule has 0 saturated heterocycles. The summed E-state index contributed by atoms with van der Waals surface area (Å²) in [6.07, 6.45) is 3.89. The monoisotopic (exact) mass is 230 g/mol. The fraction of sp³-hybridized carbons (Fsp3) is 1.00. The summed E-state index contributed by atoms with van der Waals surface area (Å²) in [6, 6.07) is 0. The van der Waals surface area contributed by atoms with Crippen molar-refractivity contribution < 1.29 is 9.47 Å². The molecule has 0 bridgehead atoms. The minimum atomic E-state index is 0.376. The highest BCUT2D eigenvalue weighted by Gasteiger charge is 2.36. The maximum atomic E-state index is 5.89. The topological polar surface area (TPSA) is 47.7 Å². The molecule has 1 aliphatic carbocycles. The van der Waals surface area contributed by atoms with Gasteiger partial charge in [-0.15, -0.1) is 0 Å². The van der Waals surface area contributed by atoms with E-state index in [4.69, 9.17) is 15.2 Å². The average molecular weight is 230 g/mol. The lowest BCUT2D eigenvalue weighted by molar-refractivity contribution is 0.0437. The molecule has 0 aromatic heterocycles. The van der Waals surface area contributed by atoms with Crippen LogP contribution in [0.5, 0.6) is 0 Å². The highest BCUT2D eigenvalue weighted by molar-refractivity contribution is 4.91. The van der Waals surface area contributed by atoms with Crippen molar-refractivity contribution in [1.82, 2.24) is 4.90 Å². The Hall–Kier alpha value is -0.160. The maximum Gasteiger partial charge on any atom is 0.0589 e. The number of hydrogen-bond acceptors (Lipinski definition) is 4. The van der Waals surface area contributed by atoms with Crippen LogP contribution < -0.4 is 5.73 Å². The lowest BCUT2D eigenvalue weighted by atomic mass is 9.68. The van der Waals surface area contributed by atoms with Crippen LogP contribution in [-0.4, -0.2) is 58.5 Å². The van der Waals surface area contributed by atoms with E-state index in [-0.39, 0.29) is 0 Å². The third kappa shape index (κ3) is 4.01. The predicted octanol–water partition coefficient (Wildman–Crippen LogP) is 0.710. The van der Waals surface area contributed by atoms with Crippen LogP contribution in [0.4, 0.5) is 0 Å². The summed E-state index contributed by atoms with van der Waals surface area (Å²) in [7, 11) is 3.49. The molecule has 1 fully saturated rings. The maximum absolute atomic E-state index is 5.89. The summed E-state index contributed by atoms with van der Waals surface area (Å²) in [6.45, 7) is 5.41. The summed E-state index contributed by atoms with van der Waals surface area (Å²) in [5, 5.41) is 0. The molecule has 4 heteroatoms. The van der Waals surface area contributed by atoms with E-state index in [1.165, 1.54) is 19.3 Å². The Morgan fingerprint density at radius 3 is 2.00 bits per heavy atom. The van der Waals surface area contributed by atoms with Crippen LogP contribution in [0.25, 0.3) is 0 Å². The molecule has 1 saturated carbocycles. The molecule has 0 radical (unpaired) electrons. The quantitative estimate of drug-likeness (QED) is 0.634. The summed E-state index contributed by atoms with van der Waals surface area (Å²) < 4.78 is 10.3. The van der Waals surface area contributed by atoms with Gasteiger partial charge in [0.05, 0.1) is 13.2 Å². The van der Waals surface area contributed by atoms with Crippen LogP contribution in [0.15, 0.2) is 0 Å². The van der Waals surface area contributed by atoms with Crippen molar-refractivity contribution in [2.75, 3.05) is 53.6 Å². The van der Waals surface area contributed by atoms with Crippen molar-refractivity contribution >= 4 is 0 Å². The second-order valence-corrected chi connectivity index (χ2v) is 4.82. The molecule has 1 rings (SSSR count). The van der Waals surface area contributed by atoms with Crippen molar-refractivity contribution in [3.05, 3.63) is 0 Å². The number of rotatable bonds is 9. The summed E-state index contributed by atoms with van der Waals surface area (Å²) in [4.78, 5) is 2.42. The molecule has 0 aromatic carbocycles. The molecule has 4 nitrogen and oxygen atoms in total. The minimum Gasteiger partial charge on any atom is -0.383 e. The molecule has 0 heterocycles. The zero-order chi connectivity index (χ0) is 11.9. The second-order valence-electron chi connectivity index (χ2n) is 4.82. The van der Waals surface area contributed by atoms with Gasteiger partial charge >= 0.3 is 0 Å². The lowest BCUT2D eigenvalue weighted by Crippen LogP contribution is -2.48. The van der Waals surface area contributed by atoms with E-state index in [1.54, 1.807) is 14.2 Å². The first-order valence-electron chi connectivity index (χ1n) is 6.16. The van der Waals surface area contributed by atoms with Crippen molar-refractivity contribution in [1.29, 1.82) is 0 Å². The van der Waals surface area contributed by atoms with Crippen molar-refractivity contribution in [3.63, 3.8) is 0 Å². The molecule has 0 spiro atoms. The number of methoxy groups -OCH3 is 2. The molecule has 0 aromatic rings. The average Bonchev–Trinajstić information content (AvgIpc) is 2.26. The van der Waals surface area contributed by atoms with E-state index in [1.807, 2.05) is 0 Å². The smallest absolute Gasteiger partial charge is 0.0589 e. The van der Waals surface area contributed by atoms with Crippen molar-refractivity contribution in [2.24, 2.45) is 11.1 Å². The Morgan fingerprint density at radius 1 is 1.12 bits per heavy atom. The van der Waals surface area contributed by atoms with Crippen LogP contribution in [0.3, 0.4) is 0 Å². The molecule has 0 aliphatic heterocycles. The molecule has 2 N–H and O–H groups in total. The van der Waals surface area contributed by atoms with Gasteiger partial charge in [-0.25, -0.2) is 0 Å². The first-order chi connectivity index (χ1) is 7.76. The molecule has 1 aliphatic rings. The molecular weight excluding hydrogens is 204 g/mol. The second kappa shape index (κ2) is 7.22. The van der Waals surface area contributed by atoms with Gasteiger partial charge in [0.25, 0.3) is 0 Å². The highest BCUT2D eigenvalue weighted by atomic mass is 16.5. The van der Waals surface area contributed by atoms with Gasteiger partial charge < -0.3 is 15.2 Å². The van der Waals surface area contributed by atoms with Crippen LogP contribution in [0.2, 0.25) is 0 Å². The molecular formula is C12H26N2O2. The van der Waals surface area contributed by atoms with Gasteiger partial charge in [-0.05, 0) is 24.8 Å². The Balaban J connectivity index is 2.34. The van der Waals surface area contributed by atoms with Crippen LogP contribution in [0.1, 0.15) is 19.3 Å². The summed E-state index contributed by atoms with van der Waals surface area (Å²) in [5.41, 5.74) is 6.26. The van der Waals surface area contributed by atoms with E-state index >= 15 is 0 Å². The van der Waals surface area contributed by atoms with Gasteiger partial charge in [-0.2, -0.15) is 0 Å². The Bertz CT molecular complexity index is 170. The third-order valence-electron chi connectivity index (χ3n) is 3.63. The van der Waals surface area contributed by atoms with Gasteiger partial charge in [0, 0.05) is 33.9 Å². The first kappa shape index (κ1) is 13.9. The van der Waals surface area contributed by atoms with E-state index in [2.05, 4.69) is 4.90 Å². The lowest BCUT2D eigenvalue weighted by Gasteiger charge is -2.44. The number of hydrogen-bond donors (Lipinski definition) is 1. The zero-order valence-electron chi connectivity index (χ0n) is 10.7. The van der Waals surface area contributed by atoms with Gasteiger partial charge in [-0.1, -0.05) is 6.42 Å². The molecule has 0 amide bonds. The number of ether oxygens (including phenoxy) is 2. The molecule has 0 atom stereocenters. The number of nitrogens with zero attached hydrogens (tertiary/aromatic N) is 1. The summed E-state index contributed by atoms with van der Waals surface area (Å²) in [5.74, 6) is 0. The van der Waals surface area contributed by atoms with Gasteiger partial charge in [0.1, 0.15) is 0 Å².